The highest BCUT2D eigenvalue weighted by atomic mass is 32.2. The van der Waals surface area contributed by atoms with E-state index in [0.717, 1.165) is 55.6 Å². The van der Waals surface area contributed by atoms with Crippen LogP contribution >= 0.6 is 11.8 Å². The van der Waals surface area contributed by atoms with Gasteiger partial charge in [-0.05, 0) is 112 Å². The third kappa shape index (κ3) is 7.93. The van der Waals surface area contributed by atoms with Gasteiger partial charge in [0.15, 0.2) is 0 Å². The number of methoxy groups -OCH3 is 1. The number of nitrogens with zero attached hydrogens (tertiary/aromatic N) is 2. The Hall–Kier alpha value is -2.64. The van der Waals surface area contributed by atoms with E-state index in [1.54, 1.807) is 19.4 Å². The number of carboxylic acids is 1. The van der Waals surface area contributed by atoms with E-state index in [1.807, 2.05) is 30.0 Å². The number of carboxylic acid groups (broad SMARTS) is 1. The Morgan fingerprint density at radius 3 is 2.87 bits per heavy atom. The molecule has 1 N–H and O–H groups in total. The summed E-state index contributed by atoms with van der Waals surface area (Å²) in [5.41, 5.74) is 2.70. The van der Waals surface area contributed by atoms with Gasteiger partial charge >= 0.3 is 5.97 Å². The van der Waals surface area contributed by atoms with Crippen LogP contribution in [0, 0.1) is 18.8 Å². The molecule has 0 saturated carbocycles. The second-order valence-electron chi connectivity index (χ2n) is 10.4. The van der Waals surface area contributed by atoms with Gasteiger partial charge in [-0.3, -0.25) is 9.78 Å². The van der Waals surface area contributed by atoms with Crippen molar-refractivity contribution in [3.8, 4) is 5.75 Å². The highest BCUT2D eigenvalue weighted by Gasteiger charge is 2.30. The first-order valence-corrected chi connectivity index (χ1v) is 14.6. The maximum absolute atomic E-state index is 15.6. The molecule has 0 amide bonds. The quantitative estimate of drug-likeness (QED) is 0.182. The van der Waals surface area contributed by atoms with E-state index < -0.39 is 12.1 Å². The molecule has 0 spiro atoms. The summed E-state index contributed by atoms with van der Waals surface area (Å²) >= 11 is 1.89. The van der Waals surface area contributed by atoms with Gasteiger partial charge in [0.1, 0.15) is 11.9 Å². The maximum atomic E-state index is 15.6. The average Bonchev–Trinajstić information content (AvgIpc) is 2.92. The fourth-order valence-corrected chi connectivity index (χ4v) is 6.57. The predicted octanol–water partition coefficient (Wildman–Crippen LogP) is 7.33. The molecule has 7 heteroatoms. The van der Waals surface area contributed by atoms with Crippen LogP contribution in [0.1, 0.15) is 55.8 Å². The van der Waals surface area contributed by atoms with Crippen LogP contribution in [0.2, 0.25) is 0 Å². The topological polar surface area (TPSA) is 62.7 Å². The third-order valence-electron chi connectivity index (χ3n) is 7.69. The molecule has 2 aromatic carbocycles. The molecule has 1 aliphatic heterocycles. The van der Waals surface area contributed by atoms with Crippen LogP contribution in [0.15, 0.2) is 59.6 Å². The maximum Gasteiger partial charge on any atom is 0.303 e. The van der Waals surface area contributed by atoms with Crippen molar-refractivity contribution in [3.63, 3.8) is 0 Å². The van der Waals surface area contributed by atoms with Gasteiger partial charge in [0.25, 0.3) is 0 Å². The molecule has 5 nitrogen and oxygen atoms in total. The molecule has 1 aliphatic rings. The Morgan fingerprint density at radius 2 is 2.08 bits per heavy atom. The number of pyridine rings is 1. The lowest BCUT2D eigenvalue weighted by atomic mass is 9.79. The number of likely N-dealkylation sites (tertiary alicyclic amines) is 1. The van der Waals surface area contributed by atoms with Gasteiger partial charge < -0.3 is 14.7 Å². The van der Waals surface area contributed by atoms with E-state index in [2.05, 4.69) is 41.1 Å². The van der Waals surface area contributed by atoms with Crippen LogP contribution in [-0.2, 0) is 4.79 Å². The summed E-state index contributed by atoms with van der Waals surface area (Å²) in [5, 5.41) is 10.1. The van der Waals surface area contributed by atoms with E-state index in [9.17, 15) is 9.90 Å². The number of alkyl halides is 1. The minimum atomic E-state index is -1.09. The van der Waals surface area contributed by atoms with Gasteiger partial charge in [-0.25, -0.2) is 4.39 Å². The lowest BCUT2D eigenvalue weighted by molar-refractivity contribution is -0.137. The molecule has 2 heterocycles. The standard InChI is InChI=1S/C31H39FN2O3S/c1-22-5-3-6-26(19-22)38-18-4-16-34-17-14-23(24(21-34)8-12-31(35)36)7-10-29(32)27-13-15-33-30-11-9-25(37-2)20-28(27)30/h3,5-6,9,11,13,15,19-20,23-24,29H,4,7-8,10,12,14,16-18,21H2,1-2H3,(H,35,36)/t23-,24-,29-/m1/s1. The largest absolute Gasteiger partial charge is 0.497 e. The zero-order chi connectivity index (χ0) is 26.9. The van der Waals surface area contributed by atoms with Crippen LogP contribution in [0.25, 0.3) is 10.9 Å². The number of aliphatic carboxylic acids is 1. The molecule has 1 aromatic heterocycles. The molecule has 0 bridgehead atoms. The van der Waals surface area contributed by atoms with Crippen LogP contribution in [0.5, 0.6) is 5.75 Å². The molecule has 0 aliphatic carbocycles. The van der Waals surface area contributed by atoms with Crippen molar-refractivity contribution >= 4 is 28.6 Å². The zero-order valence-electron chi connectivity index (χ0n) is 22.4. The second kappa shape index (κ2) is 13.9. The van der Waals surface area contributed by atoms with Crippen molar-refractivity contribution < 1.29 is 19.0 Å². The number of piperidine rings is 1. The molecule has 1 saturated heterocycles. The molecule has 3 aromatic rings. The predicted molar refractivity (Wildman–Crippen MR) is 153 cm³/mol. The highest BCUT2D eigenvalue weighted by molar-refractivity contribution is 7.99. The number of ether oxygens (including phenoxy) is 1. The molecule has 204 valence electrons. The van der Waals surface area contributed by atoms with E-state index in [0.29, 0.717) is 30.1 Å². The Kier molecular flexibility index (Phi) is 10.4. The molecule has 38 heavy (non-hydrogen) atoms. The lowest BCUT2D eigenvalue weighted by Gasteiger charge is -2.39. The summed E-state index contributed by atoms with van der Waals surface area (Å²) in [6.07, 6.45) is 4.68. The fourth-order valence-electron chi connectivity index (χ4n) is 5.62. The molecular formula is C31H39FN2O3S. The average molecular weight is 539 g/mol. The zero-order valence-corrected chi connectivity index (χ0v) is 23.3. The van der Waals surface area contributed by atoms with Crippen molar-refractivity contribution in [2.75, 3.05) is 32.5 Å². The van der Waals surface area contributed by atoms with Crippen LogP contribution in [-0.4, -0.2) is 53.5 Å². The van der Waals surface area contributed by atoms with Gasteiger partial charge in [-0.1, -0.05) is 17.7 Å². The van der Waals surface area contributed by atoms with Gasteiger partial charge in [0.2, 0.25) is 0 Å². The lowest BCUT2D eigenvalue weighted by Crippen LogP contribution is -2.41. The summed E-state index contributed by atoms with van der Waals surface area (Å²) in [5.74, 6) is 1.63. The highest BCUT2D eigenvalue weighted by Crippen LogP contribution is 2.36. The summed E-state index contributed by atoms with van der Waals surface area (Å²) < 4.78 is 20.9. The molecule has 1 fully saturated rings. The van der Waals surface area contributed by atoms with E-state index in [-0.39, 0.29) is 12.3 Å². The number of halogens is 1. The smallest absolute Gasteiger partial charge is 0.303 e. The van der Waals surface area contributed by atoms with Crippen LogP contribution in [0.3, 0.4) is 0 Å². The van der Waals surface area contributed by atoms with Gasteiger partial charge in [0, 0.05) is 29.4 Å². The first-order chi connectivity index (χ1) is 18.4. The SMILES string of the molecule is COc1ccc2nccc([C@H](F)CC[C@@H]3CCN(CCCSc4cccc(C)c4)C[C@H]3CCC(=O)O)c2c1. The first-order valence-electron chi connectivity index (χ1n) is 13.6. The second-order valence-corrected chi connectivity index (χ2v) is 11.6. The first kappa shape index (κ1) is 28.4. The minimum absolute atomic E-state index is 0.173. The normalized spacial score (nSPS) is 18.9. The van der Waals surface area contributed by atoms with Crippen LogP contribution < -0.4 is 4.74 Å². The molecular weight excluding hydrogens is 499 g/mol. The number of thioether (sulfide) groups is 1. The van der Waals surface area contributed by atoms with Gasteiger partial charge in [-0.2, -0.15) is 0 Å². The summed E-state index contributed by atoms with van der Waals surface area (Å²) in [6.45, 7) is 5.04. The molecule has 0 radical (unpaired) electrons. The summed E-state index contributed by atoms with van der Waals surface area (Å²) in [4.78, 5) is 19.5. The fraction of sp³-hybridized carbons (Fsp3) is 0.484. The van der Waals surface area contributed by atoms with Crippen molar-refractivity contribution in [3.05, 3.63) is 65.9 Å². The number of aryl methyl sites for hydroxylation is 1. The number of fused-ring (bicyclic) bond motifs is 1. The number of hydrogen-bond acceptors (Lipinski definition) is 5. The van der Waals surface area contributed by atoms with Gasteiger partial charge in [0.05, 0.1) is 12.6 Å². The number of carbonyl (C=O) groups is 1. The van der Waals surface area contributed by atoms with Crippen LogP contribution in [0.4, 0.5) is 4.39 Å². The van der Waals surface area contributed by atoms with E-state index in [4.69, 9.17) is 4.74 Å². The minimum Gasteiger partial charge on any atom is -0.497 e. The number of benzene rings is 2. The Morgan fingerprint density at radius 1 is 1.21 bits per heavy atom. The van der Waals surface area contributed by atoms with Crippen molar-refractivity contribution in [2.45, 2.75) is 56.5 Å². The Bertz CT molecular complexity index is 1210. The van der Waals surface area contributed by atoms with E-state index in [1.165, 1.54) is 10.5 Å². The monoisotopic (exact) mass is 538 g/mol. The number of rotatable bonds is 13. The molecule has 4 rings (SSSR count). The number of aromatic nitrogens is 1. The molecule has 3 atom stereocenters. The molecule has 0 unspecified atom stereocenters. The van der Waals surface area contributed by atoms with Gasteiger partial charge in [-0.15, -0.1) is 11.8 Å². The summed E-state index contributed by atoms with van der Waals surface area (Å²) in [7, 11) is 1.61. The third-order valence-corrected chi connectivity index (χ3v) is 8.77. The Balaban J connectivity index is 1.32. The summed E-state index contributed by atoms with van der Waals surface area (Å²) in [6, 6.07) is 15.9. The van der Waals surface area contributed by atoms with E-state index >= 15 is 4.39 Å². The van der Waals surface area contributed by atoms with Crippen molar-refractivity contribution in [1.29, 1.82) is 0 Å². The number of hydrogen-bond donors (Lipinski definition) is 1. The van der Waals surface area contributed by atoms with Crippen molar-refractivity contribution in [2.24, 2.45) is 11.8 Å². The van der Waals surface area contributed by atoms with Crippen molar-refractivity contribution in [1.82, 2.24) is 9.88 Å². The Labute approximate surface area is 229 Å².